The van der Waals surface area contributed by atoms with Crippen molar-refractivity contribution in [2.24, 2.45) is 5.73 Å². The van der Waals surface area contributed by atoms with Crippen LogP contribution in [0.2, 0.25) is 0 Å². The summed E-state index contributed by atoms with van der Waals surface area (Å²) in [4.78, 5) is 15.5. The van der Waals surface area contributed by atoms with Crippen LogP contribution < -0.4 is 5.73 Å². The maximum Gasteiger partial charge on any atom is 0.124 e. The van der Waals surface area contributed by atoms with Crippen LogP contribution in [0.25, 0.3) is 11.4 Å². The number of nitrogens with one attached hydrogen (secondary N) is 1. The fraction of sp³-hybridized carbons (Fsp3) is 0.222. The summed E-state index contributed by atoms with van der Waals surface area (Å²) in [5.74, 6) is 0.745. The van der Waals surface area contributed by atoms with Crippen molar-refractivity contribution in [1.82, 2.24) is 19.9 Å². The highest BCUT2D eigenvalue weighted by atomic mass is 79.9. The van der Waals surface area contributed by atoms with Crippen LogP contribution in [0, 0.1) is 0 Å². The Balaban J connectivity index is 2.33. The minimum absolute atomic E-state index is 0.109. The molecule has 0 saturated carbocycles. The molecule has 2 heterocycles. The lowest BCUT2D eigenvalue weighted by Crippen LogP contribution is -2.06. The van der Waals surface area contributed by atoms with Gasteiger partial charge in [0.2, 0.25) is 0 Å². The Morgan fingerprint density at radius 3 is 2.60 bits per heavy atom. The van der Waals surface area contributed by atoms with Crippen LogP contribution >= 0.6 is 15.9 Å². The van der Waals surface area contributed by atoms with E-state index in [1.807, 2.05) is 6.92 Å². The van der Waals surface area contributed by atoms with Crippen molar-refractivity contribution in [3.63, 3.8) is 0 Å². The van der Waals surface area contributed by atoms with Crippen molar-refractivity contribution >= 4 is 15.9 Å². The summed E-state index contributed by atoms with van der Waals surface area (Å²) in [6.45, 7) is 1.87. The molecule has 0 aliphatic heterocycles. The normalized spacial score (nSPS) is 12.7. The molecule has 0 spiro atoms. The van der Waals surface area contributed by atoms with Gasteiger partial charge in [0.1, 0.15) is 16.1 Å². The molecule has 2 aromatic heterocycles. The molecule has 0 aromatic carbocycles. The van der Waals surface area contributed by atoms with Crippen molar-refractivity contribution in [3.8, 4) is 11.4 Å². The van der Waals surface area contributed by atoms with E-state index >= 15 is 0 Å². The quantitative estimate of drug-likeness (QED) is 0.867. The van der Waals surface area contributed by atoms with Gasteiger partial charge in [-0.2, -0.15) is 0 Å². The number of imidazole rings is 1. The zero-order valence-electron chi connectivity index (χ0n) is 8.11. The maximum atomic E-state index is 5.69. The van der Waals surface area contributed by atoms with E-state index in [1.54, 1.807) is 18.6 Å². The first-order valence-electron chi connectivity index (χ1n) is 4.45. The van der Waals surface area contributed by atoms with Crippen molar-refractivity contribution in [1.29, 1.82) is 0 Å². The molecule has 2 rings (SSSR count). The number of aromatic nitrogens is 4. The van der Waals surface area contributed by atoms with Crippen LogP contribution in [0.5, 0.6) is 0 Å². The summed E-state index contributed by atoms with van der Waals surface area (Å²) < 4.78 is 0.707. The van der Waals surface area contributed by atoms with Gasteiger partial charge in [0.15, 0.2) is 0 Å². The Kier molecular flexibility index (Phi) is 2.79. The smallest absolute Gasteiger partial charge is 0.124 e. The monoisotopic (exact) mass is 267 g/mol. The summed E-state index contributed by atoms with van der Waals surface area (Å²) >= 11 is 3.23. The molecular weight excluding hydrogens is 258 g/mol. The fourth-order valence-electron chi connectivity index (χ4n) is 1.15. The largest absolute Gasteiger partial charge is 0.339 e. The number of hydrogen-bond acceptors (Lipinski definition) is 4. The molecule has 78 valence electrons. The van der Waals surface area contributed by atoms with Gasteiger partial charge in [0.05, 0.1) is 30.3 Å². The van der Waals surface area contributed by atoms with Gasteiger partial charge in [-0.1, -0.05) is 0 Å². The lowest BCUT2D eigenvalue weighted by molar-refractivity contribution is 0.756. The number of hydrogen-bond donors (Lipinski definition) is 2. The summed E-state index contributed by atoms with van der Waals surface area (Å²) in [7, 11) is 0. The van der Waals surface area contributed by atoms with E-state index in [9.17, 15) is 0 Å². The van der Waals surface area contributed by atoms with Gasteiger partial charge in [0, 0.05) is 0 Å². The van der Waals surface area contributed by atoms with Gasteiger partial charge >= 0.3 is 0 Å². The molecule has 6 heteroatoms. The van der Waals surface area contributed by atoms with Gasteiger partial charge in [0.25, 0.3) is 0 Å². The standard InChI is InChI=1S/C9H10BrN5/c1-5(11)9-14-3-7(15-9)6-2-13-8(10)4-12-6/h2-5H,11H2,1H3,(H,14,15)/t5-/m0/s1. The summed E-state index contributed by atoms with van der Waals surface area (Å²) in [5, 5.41) is 0. The Labute approximate surface area is 95.3 Å². The second-order valence-electron chi connectivity index (χ2n) is 3.20. The topological polar surface area (TPSA) is 80.5 Å². The number of H-pyrrole nitrogens is 1. The average molecular weight is 268 g/mol. The zero-order chi connectivity index (χ0) is 10.8. The second kappa shape index (κ2) is 4.08. The Bertz CT molecular complexity index is 448. The molecule has 0 fully saturated rings. The minimum Gasteiger partial charge on any atom is -0.339 e. The van der Waals surface area contributed by atoms with Crippen molar-refractivity contribution < 1.29 is 0 Å². The van der Waals surface area contributed by atoms with Crippen LogP contribution in [0.15, 0.2) is 23.2 Å². The predicted molar refractivity (Wildman–Crippen MR) is 59.9 cm³/mol. The second-order valence-corrected chi connectivity index (χ2v) is 4.01. The van der Waals surface area contributed by atoms with Gasteiger partial charge in [-0.15, -0.1) is 0 Å². The van der Waals surface area contributed by atoms with E-state index < -0.39 is 0 Å². The Morgan fingerprint density at radius 1 is 1.27 bits per heavy atom. The van der Waals surface area contributed by atoms with Crippen molar-refractivity contribution in [2.75, 3.05) is 0 Å². The molecule has 0 radical (unpaired) electrons. The number of nitrogens with two attached hydrogens (primary N) is 1. The van der Waals surface area contributed by atoms with Crippen LogP contribution in [-0.4, -0.2) is 19.9 Å². The Hall–Kier alpha value is -1.27. The third kappa shape index (κ3) is 2.21. The van der Waals surface area contributed by atoms with E-state index in [1.165, 1.54) is 0 Å². The van der Waals surface area contributed by atoms with Crippen LogP contribution in [-0.2, 0) is 0 Å². The van der Waals surface area contributed by atoms with Crippen LogP contribution in [0.1, 0.15) is 18.8 Å². The number of rotatable bonds is 2. The third-order valence-corrected chi connectivity index (χ3v) is 2.33. The highest BCUT2D eigenvalue weighted by molar-refractivity contribution is 9.10. The summed E-state index contributed by atoms with van der Waals surface area (Å²) in [5.41, 5.74) is 7.26. The molecule has 15 heavy (non-hydrogen) atoms. The number of halogens is 1. The molecule has 2 aromatic rings. The third-order valence-electron chi connectivity index (χ3n) is 1.92. The summed E-state index contributed by atoms with van der Waals surface area (Å²) in [6, 6.07) is -0.109. The number of aromatic amines is 1. The highest BCUT2D eigenvalue weighted by Crippen LogP contribution is 2.16. The first kappa shape index (κ1) is 10.3. The predicted octanol–water partition coefficient (Wildman–Crippen LogP) is 1.65. The zero-order valence-corrected chi connectivity index (χ0v) is 9.69. The summed E-state index contributed by atoms with van der Waals surface area (Å²) in [6.07, 6.45) is 5.01. The van der Waals surface area contributed by atoms with Crippen molar-refractivity contribution in [3.05, 3.63) is 29.0 Å². The molecule has 0 bridgehead atoms. The van der Waals surface area contributed by atoms with Crippen molar-refractivity contribution in [2.45, 2.75) is 13.0 Å². The lowest BCUT2D eigenvalue weighted by atomic mass is 10.3. The van der Waals surface area contributed by atoms with Gasteiger partial charge < -0.3 is 10.7 Å². The average Bonchev–Trinajstić information content (AvgIpc) is 2.68. The molecule has 5 nitrogen and oxygen atoms in total. The van der Waals surface area contributed by atoms with Gasteiger partial charge in [-0.05, 0) is 22.9 Å². The molecule has 0 amide bonds. The first-order valence-corrected chi connectivity index (χ1v) is 5.24. The molecule has 1 atom stereocenters. The van der Waals surface area contributed by atoms with Crippen LogP contribution in [0.4, 0.5) is 0 Å². The molecular formula is C9H10BrN5. The van der Waals surface area contributed by atoms with E-state index in [0.717, 1.165) is 17.2 Å². The molecule has 3 N–H and O–H groups in total. The minimum atomic E-state index is -0.109. The van der Waals surface area contributed by atoms with E-state index in [0.29, 0.717) is 4.60 Å². The Morgan fingerprint density at radius 2 is 2.07 bits per heavy atom. The van der Waals surface area contributed by atoms with Crippen LogP contribution in [0.3, 0.4) is 0 Å². The molecule has 0 aliphatic rings. The molecule has 0 unspecified atom stereocenters. The highest BCUT2D eigenvalue weighted by Gasteiger charge is 2.07. The van der Waals surface area contributed by atoms with E-state index in [-0.39, 0.29) is 6.04 Å². The SMILES string of the molecule is C[C@H](N)c1ncc(-c2cnc(Br)cn2)[nH]1. The van der Waals surface area contributed by atoms with Gasteiger partial charge in [-0.25, -0.2) is 9.97 Å². The molecule has 0 aliphatic carbocycles. The van der Waals surface area contributed by atoms with Gasteiger partial charge in [-0.3, -0.25) is 4.98 Å². The maximum absolute atomic E-state index is 5.69. The number of nitrogens with zero attached hydrogens (tertiary/aromatic N) is 3. The first-order chi connectivity index (χ1) is 7.16. The molecule has 0 saturated heterocycles. The lowest BCUT2D eigenvalue weighted by Gasteiger charge is -1.99. The van der Waals surface area contributed by atoms with E-state index in [4.69, 9.17) is 5.73 Å². The fourth-order valence-corrected chi connectivity index (χ4v) is 1.35. The van der Waals surface area contributed by atoms with E-state index in [2.05, 4.69) is 35.9 Å².